The number of carbonyl (C=O) groups is 1. The van der Waals surface area contributed by atoms with Gasteiger partial charge in [-0.1, -0.05) is 36.4 Å². The van der Waals surface area contributed by atoms with Crippen molar-refractivity contribution in [2.45, 2.75) is 20.4 Å². The highest BCUT2D eigenvalue weighted by atomic mass is 32.1. The van der Waals surface area contributed by atoms with Gasteiger partial charge in [-0.05, 0) is 31.5 Å². The van der Waals surface area contributed by atoms with Gasteiger partial charge in [0.1, 0.15) is 10.7 Å². The molecule has 0 atom stereocenters. The van der Waals surface area contributed by atoms with Gasteiger partial charge in [-0.25, -0.2) is 9.97 Å². The molecule has 2 heterocycles. The van der Waals surface area contributed by atoms with E-state index in [1.807, 2.05) is 43.3 Å². The van der Waals surface area contributed by atoms with Crippen molar-refractivity contribution in [3.8, 4) is 10.6 Å². The van der Waals surface area contributed by atoms with Gasteiger partial charge >= 0.3 is 0 Å². The molecule has 0 aliphatic rings. The Morgan fingerprint density at radius 2 is 1.74 bits per heavy atom. The molecule has 134 valence electrons. The van der Waals surface area contributed by atoms with Crippen LogP contribution in [0.1, 0.15) is 26.6 Å². The maximum atomic E-state index is 12.5. The molecule has 0 aliphatic heterocycles. The molecule has 0 saturated carbocycles. The van der Waals surface area contributed by atoms with Crippen molar-refractivity contribution in [3.05, 3.63) is 76.6 Å². The summed E-state index contributed by atoms with van der Waals surface area (Å²) in [5.74, 6) is -0.238. The fourth-order valence-electron chi connectivity index (χ4n) is 2.84. The molecule has 1 N–H and O–H groups in total. The van der Waals surface area contributed by atoms with Crippen LogP contribution in [0.4, 0.5) is 0 Å². The Bertz CT molecular complexity index is 1140. The fraction of sp³-hybridized carbons (Fsp3) is 0.143. The van der Waals surface area contributed by atoms with Crippen molar-refractivity contribution in [1.29, 1.82) is 0 Å². The molecular formula is C21H18N4OS. The van der Waals surface area contributed by atoms with E-state index in [9.17, 15) is 4.79 Å². The predicted octanol–water partition coefficient (Wildman–Crippen LogP) is 4.30. The number of benzene rings is 2. The Labute approximate surface area is 161 Å². The zero-order valence-electron chi connectivity index (χ0n) is 15.1. The second kappa shape index (κ2) is 7.25. The summed E-state index contributed by atoms with van der Waals surface area (Å²) in [6.07, 6.45) is 1.51. The highest BCUT2D eigenvalue weighted by Crippen LogP contribution is 2.30. The Balaban J connectivity index is 1.51. The Hall–Kier alpha value is -3.12. The van der Waals surface area contributed by atoms with Crippen molar-refractivity contribution in [1.82, 2.24) is 20.3 Å². The number of para-hydroxylation sites is 2. The molecule has 4 rings (SSSR count). The summed E-state index contributed by atoms with van der Waals surface area (Å²) < 4.78 is 0. The van der Waals surface area contributed by atoms with E-state index < -0.39 is 0 Å². The summed E-state index contributed by atoms with van der Waals surface area (Å²) in [4.78, 5) is 26.9. The average molecular weight is 374 g/mol. The second-order valence-electron chi connectivity index (χ2n) is 6.27. The molecule has 27 heavy (non-hydrogen) atoms. The second-order valence-corrected chi connectivity index (χ2v) is 7.35. The SMILES string of the molecule is Cc1ccccc1-c1nc(C)c(CNC(=O)c2cnc3ccccc3n2)s1. The van der Waals surface area contributed by atoms with Gasteiger partial charge < -0.3 is 5.32 Å². The summed E-state index contributed by atoms with van der Waals surface area (Å²) in [7, 11) is 0. The van der Waals surface area contributed by atoms with Gasteiger partial charge in [0.15, 0.2) is 0 Å². The molecule has 0 saturated heterocycles. The quantitative estimate of drug-likeness (QED) is 0.578. The molecule has 2 aromatic carbocycles. The van der Waals surface area contributed by atoms with Crippen molar-refractivity contribution < 1.29 is 4.79 Å². The maximum Gasteiger partial charge on any atom is 0.271 e. The van der Waals surface area contributed by atoms with Crippen molar-refractivity contribution >= 4 is 28.3 Å². The molecule has 0 fully saturated rings. The minimum atomic E-state index is -0.238. The van der Waals surface area contributed by atoms with Gasteiger partial charge in [-0.2, -0.15) is 0 Å². The highest BCUT2D eigenvalue weighted by molar-refractivity contribution is 7.15. The molecular weight excluding hydrogens is 356 g/mol. The van der Waals surface area contributed by atoms with Gasteiger partial charge in [0.25, 0.3) is 5.91 Å². The molecule has 0 bridgehead atoms. The van der Waals surface area contributed by atoms with E-state index in [2.05, 4.69) is 39.3 Å². The number of thiazole rings is 1. The van der Waals surface area contributed by atoms with Crippen LogP contribution >= 0.6 is 11.3 Å². The number of amides is 1. The monoisotopic (exact) mass is 374 g/mol. The molecule has 2 aromatic heterocycles. The first-order valence-electron chi connectivity index (χ1n) is 8.64. The lowest BCUT2D eigenvalue weighted by Gasteiger charge is -2.04. The number of aromatic nitrogens is 3. The van der Waals surface area contributed by atoms with E-state index in [0.29, 0.717) is 17.8 Å². The summed E-state index contributed by atoms with van der Waals surface area (Å²) in [5, 5.41) is 3.90. The summed E-state index contributed by atoms with van der Waals surface area (Å²) in [5.41, 5.74) is 5.05. The molecule has 6 heteroatoms. The highest BCUT2D eigenvalue weighted by Gasteiger charge is 2.14. The summed E-state index contributed by atoms with van der Waals surface area (Å²) >= 11 is 1.60. The van der Waals surface area contributed by atoms with Gasteiger partial charge in [0, 0.05) is 10.4 Å². The van der Waals surface area contributed by atoms with Gasteiger partial charge in [-0.15, -0.1) is 11.3 Å². The largest absolute Gasteiger partial charge is 0.346 e. The lowest BCUT2D eigenvalue weighted by molar-refractivity contribution is 0.0946. The first-order valence-corrected chi connectivity index (χ1v) is 9.46. The number of aryl methyl sites for hydroxylation is 2. The number of hydrogen-bond donors (Lipinski definition) is 1. The zero-order chi connectivity index (χ0) is 18.8. The minimum Gasteiger partial charge on any atom is -0.346 e. The Morgan fingerprint density at radius 3 is 2.56 bits per heavy atom. The predicted molar refractivity (Wildman–Crippen MR) is 108 cm³/mol. The zero-order valence-corrected chi connectivity index (χ0v) is 15.9. The third-order valence-corrected chi connectivity index (χ3v) is 5.55. The van der Waals surface area contributed by atoms with Crippen LogP contribution in [0.15, 0.2) is 54.7 Å². The van der Waals surface area contributed by atoms with E-state index >= 15 is 0 Å². The minimum absolute atomic E-state index is 0.238. The Morgan fingerprint density at radius 1 is 1.00 bits per heavy atom. The number of nitrogens with one attached hydrogen (secondary N) is 1. The lowest BCUT2D eigenvalue weighted by atomic mass is 10.1. The number of fused-ring (bicyclic) bond motifs is 1. The fourth-order valence-corrected chi connectivity index (χ4v) is 3.93. The molecule has 0 aliphatic carbocycles. The number of hydrogen-bond acceptors (Lipinski definition) is 5. The van der Waals surface area contributed by atoms with Gasteiger partial charge in [0.2, 0.25) is 0 Å². The molecule has 0 spiro atoms. The Kier molecular flexibility index (Phi) is 4.64. The van der Waals surface area contributed by atoms with Crippen molar-refractivity contribution in [2.24, 2.45) is 0 Å². The van der Waals surface area contributed by atoms with Gasteiger partial charge in [-0.3, -0.25) is 9.78 Å². The van der Waals surface area contributed by atoms with Crippen LogP contribution in [0.2, 0.25) is 0 Å². The van der Waals surface area contributed by atoms with Crippen LogP contribution in [0.5, 0.6) is 0 Å². The van der Waals surface area contributed by atoms with E-state index in [-0.39, 0.29) is 5.91 Å². The van der Waals surface area contributed by atoms with Crippen LogP contribution in [-0.4, -0.2) is 20.9 Å². The van der Waals surface area contributed by atoms with E-state index in [1.54, 1.807) is 11.3 Å². The van der Waals surface area contributed by atoms with Crippen LogP contribution in [-0.2, 0) is 6.54 Å². The van der Waals surface area contributed by atoms with E-state index in [0.717, 1.165) is 26.7 Å². The third kappa shape index (κ3) is 3.57. The van der Waals surface area contributed by atoms with E-state index in [1.165, 1.54) is 11.8 Å². The van der Waals surface area contributed by atoms with Gasteiger partial charge in [0.05, 0.1) is 29.5 Å². The number of rotatable bonds is 4. The normalized spacial score (nSPS) is 10.9. The smallest absolute Gasteiger partial charge is 0.271 e. The summed E-state index contributed by atoms with van der Waals surface area (Å²) in [6, 6.07) is 15.7. The first kappa shape index (κ1) is 17.3. The van der Waals surface area contributed by atoms with Crippen molar-refractivity contribution in [2.75, 3.05) is 0 Å². The summed E-state index contributed by atoms with van der Waals surface area (Å²) in [6.45, 7) is 4.46. The molecule has 1 amide bonds. The van der Waals surface area contributed by atoms with Crippen LogP contribution in [0, 0.1) is 13.8 Å². The molecule has 4 aromatic rings. The van der Waals surface area contributed by atoms with Crippen molar-refractivity contribution in [3.63, 3.8) is 0 Å². The molecule has 5 nitrogen and oxygen atoms in total. The maximum absolute atomic E-state index is 12.5. The third-order valence-electron chi connectivity index (χ3n) is 4.36. The average Bonchev–Trinajstić information content (AvgIpc) is 3.06. The topological polar surface area (TPSA) is 67.8 Å². The van der Waals surface area contributed by atoms with Crippen LogP contribution in [0.3, 0.4) is 0 Å². The lowest BCUT2D eigenvalue weighted by Crippen LogP contribution is -2.23. The number of nitrogens with zero attached hydrogens (tertiary/aromatic N) is 3. The van der Waals surface area contributed by atoms with Crippen LogP contribution in [0.25, 0.3) is 21.6 Å². The number of carbonyl (C=O) groups excluding carboxylic acids is 1. The van der Waals surface area contributed by atoms with E-state index in [4.69, 9.17) is 0 Å². The molecule has 0 radical (unpaired) electrons. The first-order chi connectivity index (χ1) is 13.1. The molecule has 0 unspecified atom stereocenters. The van der Waals surface area contributed by atoms with Crippen LogP contribution < -0.4 is 5.32 Å². The standard InChI is InChI=1S/C21H18N4OS/c1-13-7-3-4-8-15(13)21-24-14(2)19(27-21)12-23-20(26)18-11-22-16-9-5-6-10-17(16)25-18/h3-11H,12H2,1-2H3,(H,23,26).